The van der Waals surface area contributed by atoms with Gasteiger partial charge >= 0.3 is 0 Å². The van der Waals surface area contributed by atoms with Crippen molar-refractivity contribution in [3.05, 3.63) is 5.56 Å². The highest BCUT2D eigenvalue weighted by atomic mass is 32.1. The highest BCUT2D eigenvalue weighted by molar-refractivity contribution is 7.10. The van der Waals surface area contributed by atoms with Crippen molar-refractivity contribution in [2.75, 3.05) is 36.8 Å². The molecule has 1 aliphatic heterocycles. The minimum atomic E-state index is 0.363. The zero-order chi connectivity index (χ0) is 13.1. The molecule has 1 saturated heterocycles. The molecule has 1 unspecified atom stereocenters. The summed E-state index contributed by atoms with van der Waals surface area (Å²) in [6, 6.07) is 2.79. The van der Waals surface area contributed by atoms with Crippen LogP contribution in [0.5, 0.6) is 0 Å². The van der Waals surface area contributed by atoms with Gasteiger partial charge in [0, 0.05) is 32.2 Å². The molecule has 0 spiro atoms. The fraction of sp³-hybridized carbons (Fsp3) is 0.667. The Bertz CT molecular complexity index is 442. The minimum absolute atomic E-state index is 0.363. The number of nitrogens with zero attached hydrogens (tertiary/aromatic N) is 4. The van der Waals surface area contributed by atoms with E-state index in [1.807, 2.05) is 0 Å². The zero-order valence-corrected chi connectivity index (χ0v) is 11.7. The van der Waals surface area contributed by atoms with Crippen LogP contribution < -0.4 is 10.6 Å². The van der Waals surface area contributed by atoms with Crippen LogP contribution in [0, 0.1) is 11.3 Å². The molecule has 1 aromatic heterocycles. The second-order valence-electron chi connectivity index (χ2n) is 4.64. The summed E-state index contributed by atoms with van der Waals surface area (Å²) in [6.07, 6.45) is 1.18. The second-order valence-corrected chi connectivity index (χ2v) is 5.39. The first-order valence-corrected chi connectivity index (χ1v) is 7.09. The Morgan fingerprint density at radius 2 is 2.11 bits per heavy atom. The van der Waals surface area contributed by atoms with Gasteiger partial charge in [-0.3, -0.25) is 4.90 Å². The number of anilines is 2. The van der Waals surface area contributed by atoms with Crippen molar-refractivity contribution in [1.29, 1.82) is 5.26 Å². The van der Waals surface area contributed by atoms with Gasteiger partial charge in [-0.15, -0.1) is 0 Å². The summed E-state index contributed by atoms with van der Waals surface area (Å²) in [5, 5.41) is 10.0. The van der Waals surface area contributed by atoms with E-state index >= 15 is 0 Å². The van der Waals surface area contributed by atoms with E-state index in [2.05, 4.69) is 34.1 Å². The van der Waals surface area contributed by atoms with Gasteiger partial charge in [0.25, 0.3) is 0 Å². The van der Waals surface area contributed by atoms with Crippen LogP contribution in [-0.2, 0) is 0 Å². The summed E-state index contributed by atoms with van der Waals surface area (Å²) in [7, 11) is 0. The van der Waals surface area contributed by atoms with E-state index in [-0.39, 0.29) is 0 Å². The lowest BCUT2D eigenvalue weighted by molar-refractivity contribution is 0.193. The lowest BCUT2D eigenvalue weighted by Gasteiger charge is -2.38. The molecule has 2 rings (SSSR count). The number of nitriles is 1. The fourth-order valence-corrected chi connectivity index (χ4v) is 3.05. The molecule has 18 heavy (non-hydrogen) atoms. The molecule has 0 radical (unpaired) electrons. The number of nitrogen functional groups attached to an aromatic ring is 1. The van der Waals surface area contributed by atoms with Gasteiger partial charge < -0.3 is 10.6 Å². The molecular weight excluding hydrogens is 246 g/mol. The predicted molar refractivity (Wildman–Crippen MR) is 74.8 cm³/mol. The van der Waals surface area contributed by atoms with Crippen LogP contribution in [0.25, 0.3) is 0 Å². The molecule has 1 aliphatic rings. The number of nitrogens with two attached hydrogens (primary N) is 1. The number of hydrogen-bond acceptors (Lipinski definition) is 6. The van der Waals surface area contributed by atoms with Gasteiger partial charge in [0.05, 0.1) is 0 Å². The van der Waals surface area contributed by atoms with E-state index in [1.165, 1.54) is 18.0 Å². The molecule has 1 aromatic rings. The maximum atomic E-state index is 9.10. The van der Waals surface area contributed by atoms with E-state index in [0.717, 1.165) is 31.2 Å². The van der Waals surface area contributed by atoms with Crippen molar-refractivity contribution in [3.8, 4) is 6.07 Å². The van der Waals surface area contributed by atoms with E-state index in [0.29, 0.717) is 17.4 Å². The third-order valence-corrected chi connectivity index (χ3v) is 4.55. The Hall–Kier alpha value is -1.32. The summed E-state index contributed by atoms with van der Waals surface area (Å²) in [5.74, 6) is 0.363. The Labute approximate surface area is 112 Å². The molecule has 0 saturated carbocycles. The van der Waals surface area contributed by atoms with Crippen LogP contribution in [-0.4, -0.2) is 41.5 Å². The first kappa shape index (κ1) is 13.1. The summed E-state index contributed by atoms with van der Waals surface area (Å²) in [4.78, 5) is 4.72. The van der Waals surface area contributed by atoms with Crippen molar-refractivity contribution in [2.24, 2.45) is 0 Å². The Morgan fingerprint density at radius 3 is 2.67 bits per heavy atom. The first-order valence-electron chi connectivity index (χ1n) is 6.31. The number of hydrogen-bond donors (Lipinski definition) is 1. The molecule has 6 heteroatoms. The maximum Gasteiger partial charge on any atom is 0.157 e. The van der Waals surface area contributed by atoms with Crippen molar-refractivity contribution in [3.63, 3.8) is 0 Å². The summed E-state index contributed by atoms with van der Waals surface area (Å²) >= 11 is 1.33. The standard InChI is InChI=1S/C12H19N5S/c1-3-9(2)16-4-6-17(7-5-16)12-10(8-13)11(14)15-18-12/h9H,3-7H2,1-2H3,(H2,14,15). The van der Waals surface area contributed by atoms with Crippen LogP contribution in [0.2, 0.25) is 0 Å². The molecule has 2 heterocycles. The van der Waals surface area contributed by atoms with Gasteiger partial charge in [0.15, 0.2) is 5.82 Å². The third kappa shape index (κ3) is 2.42. The van der Waals surface area contributed by atoms with Crippen molar-refractivity contribution >= 4 is 22.4 Å². The van der Waals surface area contributed by atoms with Crippen molar-refractivity contribution in [2.45, 2.75) is 26.3 Å². The summed E-state index contributed by atoms with van der Waals surface area (Å²) in [6.45, 7) is 8.45. The molecule has 2 N–H and O–H groups in total. The molecule has 5 nitrogen and oxygen atoms in total. The molecule has 0 aliphatic carbocycles. The third-order valence-electron chi connectivity index (χ3n) is 3.63. The van der Waals surface area contributed by atoms with E-state index < -0.39 is 0 Å². The number of aromatic nitrogens is 1. The van der Waals surface area contributed by atoms with E-state index in [9.17, 15) is 0 Å². The van der Waals surface area contributed by atoms with Crippen LogP contribution in [0.4, 0.5) is 10.8 Å². The lowest BCUT2D eigenvalue weighted by Crippen LogP contribution is -2.49. The molecule has 98 valence electrons. The Balaban J connectivity index is 2.04. The molecule has 1 atom stereocenters. The SMILES string of the molecule is CCC(C)N1CCN(c2snc(N)c2C#N)CC1. The predicted octanol–water partition coefficient (Wildman–Crippen LogP) is 1.52. The van der Waals surface area contributed by atoms with E-state index in [1.54, 1.807) is 0 Å². The van der Waals surface area contributed by atoms with Crippen molar-refractivity contribution < 1.29 is 0 Å². The van der Waals surface area contributed by atoms with Crippen molar-refractivity contribution in [1.82, 2.24) is 9.27 Å². The average Bonchev–Trinajstić information content (AvgIpc) is 2.79. The van der Waals surface area contributed by atoms with E-state index in [4.69, 9.17) is 11.0 Å². The molecule has 0 bridgehead atoms. The van der Waals surface area contributed by atoms with Crippen LogP contribution in [0.15, 0.2) is 0 Å². The topological polar surface area (TPSA) is 69.2 Å². The number of piperazine rings is 1. The van der Waals surface area contributed by atoms with Crippen LogP contribution in [0.3, 0.4) is 0 Å². The second kappa shape index (κ2) is 5.55. The Morgan fingerprint density at radius 1 is 1.44 bits per heavy atom. The lowest BCUT2D eigenvalue weighted by atomic mass is 10.2. The van der Waals surface area contributed by atoms with Gasteiger partial charge in [-0.25, -0.2) is 0 Å². The average molecular weight is 265 g/mol. The summed E-state index contributed by atoms with van der Waals surface area (Å²) < 4.78 is 4.07. The first-order chi connectivity index (χ1) is 8.67. The van der Waals surface area contributed by atoms with Gasteiger partial charge in [-0.1, -0.05) is 6.92 Å². The Kier molecular flexibility index (Phi) is 4.04. The van der Waals surface area contributed by atoms with Gasteiger partial charge in [-0.2, -0.15) is 9.64 Å². The van der Waals surface area contributed by atoms with Gasteiger partial charge in [-0.05, 0) is 24.9 Å². The van der Waals surface area contributed by atoms with Gasteiger partial charge in [0.2, 0.25) is 0 Å². The minimum Gasteiger partial charge on any atom is -0.382 e. The monoisotopic (exact) mass is 265 g/mol. The summed E-state index contributed by atoms with van der Waals surface area (Å²) in [5.41, 5.74) is 6.23. The number of rotatable bonds is 3. The smallest absolute Gasteiger partial charge is 0.157 e. The fourth-order valence-electron chi connectivity index (χ4n) is 2.24. The van der Waals surface area contributed by atoms with Crippen LogP contribution >= 0.6 is 11.5 Å². The molecule has 0 aromatic carbocycles. The molecule has 0 amide bonds. The largest absolute Gasteiger partial charge is 0.382 e. The van der Waals surface area contributed by atoms with Gasteiger partial charge in [0.1, 0.15) is 16.6 Å². The molecular formula is C12H19N5S. The highest BCUT2D eigenvalue weighted by Gasteiger charge is 2.24. The zero-order valence-electron chi connectivity index (χ0n) is 10.9. The molecule has 1 fully saturated rings. The quantitative estimate of drug-likeness (QED) is 0.897. The maximum absolute atomic E-state index is 9.10. The van der Waals surface area contributed by atoms with Crippen LogP contribution in [0.1, 0.15) is 25.8 Å². The highest BCUT2D eigenvalue weighted by Crippen LogP contribution is 2.30. The normalized spacial score (nSPS) is 18.6.